The highest BCUT2D eigenvalue weighted by atomic mass is 35.5. The van der Waals surface area contributed by atoms with E-state index in [0.29, 0.717) is 23.7 Å². The van der Waals surface area contributed by atoms with Crippen molar-refractivity contribution in [2.75, 3.05) is 56.9 Å². The van der Waals surface area contributed by atoms with Crippen molar-refractivity contribution in [2.45, 2.75) is 25.8 Å². The minimum atomic E-state index is -3.62. The van der Waals surface area contributed by atoms with Crippen LogP contribution in [0.2, 0.25) is 5.02 Å². The number of anilines is 1. The number of hydrogen-bond acceptors (Lipinski definition) is 5. The molecule has 28 heavy (non-hydrogen) atoms. The zero-order chi connectivity index (χ0) is 20.7. The molecule has 2 rings (SSSR count). The first kappa shape index (κ1) is 22.9. The number of rotatable bonds is 9. The highest BCUT2D eigenvalue weighted by Gasteiger charge is 2.31. The monoisotopic (exact) mass is 430 g/mol. The van der Waals surface area contributed by atoms with Crippen LogP contribution in [0.15, 0.2) is 24.3 Å². The molecule has 0 spiro atoms. The number of halogens is 1. The Morgan fingerprint density at radius 2 is 1.82 bits per heavy atom. The third kappa shape index (κ3) is 6.62. The predicted octanol–water partition coefficient (Wildman–Crippen LogP) is 1.64. The molecule has 1 atom stereocenters. The quantitative estimate of drug-likeness (QED) is 0.603. The normalized spacial score (nSPS) is 17.3. The van der Waals surface area contributed by atoms with E-state index in [0.717, 1.165) is 45.4 Å². The summed E-state index contributed by atoms with van der Waals surface area (Å²) in [5, 5.41) is 3.42. The molecule has 0 saturated carbocycles. The van der Waals surface area contributed by atoms with Gasteiger partial charge in [0, 0.05) is 37.7 Å². The van der Waals surface area contributed by atoms with Gasteiger partial charge in [0.25, 0.3) is 0 Å². The summed E-state index contributed by atoms with van der Waals surface area (Å²) in [6, 6.07) is 5.69. The van der Waals surface area contributed by atoms with E-state index in [2.05, 4.69) is 22.2 Å². The summed E-state index contributed by atoms with van der Waals surface area (Å²) in [5.74, 6) is -0.277. The van der Waals surface area contributed by atoms with Crippen molar-refractivity contribution < 1.29 is 13.2 Å². The van der Waals surface area contributed by atoms with Crippen molar-refractivity contribution >= 4 is 33.2 Å². The molecule has 1 aliphatic heterocycles. The molecule has 1 amide bonds. The highest BCUT2D eigenvalue weighted by molar-refractivity contribution is 7.92. The molecule has 0 bridgehead atoms. The fraction of sp³-hybridized carbons (Fsp3) is 0.632. The Morgan fingerprint density at radius 1 is 1.21 bits per heavy atom. The van der Waals surface area contributed by atoms with E-state index in [4.69, 9.17) is 11.6 Å². The van der Waals surface area contributed by atoms with Gasteiger partial charge in [-0.1, -0.05) is 18.5 Å². The first-order valence-electron chi connectivity index (χ1n) is 9.66. The van der Waals surface area contributed by atoms with Gasteiger partial charge in [-0.2, -0.15) is 0 Å². The second-order valence-electron chi connectivity index (χ2n) is 7.25. The molecule has 1 aromatic carbocycles. The molecular weight excluding hydrogens is 400 g/mol. The fourth-order valence-corrected chi connectivity index (χ4v) is 4.69. The van der Waals surface area contributed by atoms with Crippen LogP contribution < -0.4 is 9.62 Å². The topological polar surface area (TPSA) is 73.0 Å². The summed E-state index contributed by atoms with van der Waals surface area (Å²) in [5.41, 5.74) is 0.436. The van der Waals surface area contributed by atoms with Crippen LogP contribution in [-0.4, -0.2) is 82.7 Å². The largest absolute Gasteiger partial charge is 0.354 e. The van der Waals surface area contributed by atoms with Gasteiger partial charge in [0.15, 0.2) is 0 Å². The SMILES string of the molecule is CC[C@H](C(=O)NCCCN1CCN(C)CC1)N(c1ccc(Cl)cc1)S(C)(=O)=O. The Balaban J connectivity index is 1.95. The van der Waals surface area contributed by atoms with Gasteiger partial charge in [-0.3, -0.25) is 9.10 Å². The van der Waals surface area contributed by atoms with Crippen LogP contribution in [0.3, 0.4) is 0 Å². The number of hydrogen-bond donors (Lipinski definition) is 1. The zero-order valence-electron chi connectivity index (χ0n) is 16.9. The molecule has 1 saturated heterocycles. The number of sulfonamides is 1. The van der Waals surface area contributed by atoms with Gasteiger partial charge in [-0.25, -0.2) is 8.42 Å². The lowest BCUT2D eigenvalue weighted by Crippen LogP contribution is -2.50. The lowest BCUT2D eigenvalue weighted by atomic mass is 10.2. The second-order valence-corrected chi connectivity index (χ2v) is 9.54. The average Bonchev–Trinajstić information content (AvgIpc) is 2.64. The maximum Gasteiger partial charge on any atom is 0.243 e. The van der Waals surface area contributed by atoms with Crippen molar-refractivity contribution in [1.82, 2.24) is 15.1 Å². The number of likely N-dealkylation sites (N-methyl/N-ethyl adjacent to an activating group) is 1. The van der Waals surface area contributed by atoms with E-state index in [9.17, 15) is 13.2 Å². The van der Waals surface area contributed by atoms with Crippen LogP contribution in [0.5, 0.6) is 0 Å². The van der Waals surface area contributed by atoms with E-state index in [-0.39, 0.29) is 5.91 Å². The predicted molar refractivity (Wildman–Crippen MR) is 114 cm³/mol. The number of nitrogens with one attached hydrogen (secondary N) is 1. The zero-order valence-corrected chi connectivity index (χ0v) is 18.5. The molecule has 1 fully saturated rings. The molecule has 158 valence electrons. The summed E-state index contributed by atoms with van der Waals surface area (Å²) in [7, 11) is -1.50. The molecule has 0 aliphatic carbocycles. The second kappa shape index (κ2) is 10.4. The molecule has 0 aromatic heterocycles. The molecule has 1 heterocycles. The summed E-state index contributed by atoms with van der Waals surface area (Å²) >= 11 is 5.91. The minimum absolute atomic E-state index is 0.277. The number of carbonyl (C=O) groups excluding carboxylic acids is 1. The maximum absolute atomic E-state index is 12.7. The molecule has 1 aliphatic rings. The van der Waals surface area contributed by atoms with Crippen molar-refractivity contribution in [3.8, 4) is 0 Å². The maximum atomic E-state index is 12.7. The average molecular weight is 431 g/mol. The van der Waals surface area contributed by atoms with Crippen LogP contribution in [-0.2, 0) is 14.8 Å². The minimum Gasteiger partial charge on any atom is -0.354 e. The highest BCUT2D eigenvalue weighted by Crippen LogP contribution is 2.24. The molecule has 1 aromatic rings. The fourth-order valence-electron chi connectivity index (χ4n) is 3.35. The number of piperazine rings is 1. The molecule has 7 nitrogen and oxygen atoms in total. The lowest BCUT2D eigenvalue weighted by Gasteiger charge is -2.32. The van der Waals surface area contributed by atoms with E-state index in [1.807, 2.05) is 6.92 Å². The molecule has 0 radical (unpaired) electrons. The van der Waals surface area contributed by atoms with Crippen LogP contribution in [0.25, 0.3) is 0 Å². The third-order valence-electron chi connectivity index (χ3n) is 4.96. The Hall–Kier alpha value is -1.35. The first-order valence-corrected chi connectivity index (χ1v) is 11.9. The van der Waals surface area contributed by atoms with Gasteiger partial charge in [0.2, 0.25) is 15.9 Å². The molecule has 9 heteroatoms. The Kier molecular flexibility index (Phi) is 8.55. The van der Waals surface area contributed by atoms with Crippen molar-refractivity contribution in [3.63, 3.8) is 0 Å². The standard InChI is InChI=1S/C19H31ClN4O3S/c1-4-18(24(28(3,26)27)17-8-6-16(20)7-9-17)19(25)21-10-5-11-23-14-12-22(2)13-15-23/h6-9,18H,4-5,10-15H2,1-3H3,(H,21,25)/t18-/m1/s1. The number of carbonyl (C=O) groups is 1. The van der Waals surface area contributed by atoms with Gasteiger partial charge in [0.1, 0.15) is 6.04 Å². The molecule has 0 unspecified atom stereocenters. The van der Waals surface area contributed by atoms with Crippen molar-refractivity contribution in [2.24, 2.45) is 0 Å². The van der Waals surface area contributed by atoms with E-state index in [1.54, 1.807) is 24.3 Å². The Bertz CT molecular complexity index is 734. The Labute approximate surface area is 173 Å². The summed E-state index contributed by atoms with van der Waals surface area (Å²) in [4.78, 5) is 17.4. The summed E-state index contributed by atoms with van der Waals surface area (Å²) in [6.07, 6.45) is 2.33. The number of amides is 1. The van der Waals surface area contributed by atoms with Gasteiger partial charge in [-0.05, 0) is 50.7 Å². The van der Waals surface area contributed by atoms with Crippen LogP contribution in [0, 0.1) is 0 Å². The van der Waals surface area contributed by atoms with Gasteiger partial charge in [0.05, 0.1) is 11.9 Å². The summed E-state index contributed by atoms with van der Waals surface area (Å²) in [6.45, 7) is 7.48. The third-order valence-corrected chi connectivity index (χ3v) is 6.39. The van der Waals surface area contributed by atoms with Gasteiger partial charge < -0.3 is 15.1 Å². The van der Waals surface area contributed by atoms with Gasteiger partial charge >= 0.3 is 0 Å². The number of nitrogens with zero attached hydrogens (tertiary/aromatic N) is 3. The van der Waals surface area contributed by atoms with Crippen LogP contribution in [0.1, 0.15) is 19.8 Å². The van der Waals surface area contributed by atoms with Crippen LogP contribution >= 0.6 is 11.6 Å². The van der Waals surface area contributed by atoms with E-state index in [1.165, 1.54) is 4.31 Å². The van der Waals surface area contributed by atoms with E-state index < -0.39 is 16.1 Å². The number of benzene rings is 1. The summed E-state index contributed by atoms with van der Waals surface area (Å²) < 4.78 is 26.0. The van der Waals surface area contributed by atoms with Gasteiger partial charge in [-0.15, -0.1) is 0 Å². The smallest absolute Gasteiger partial charge is 0.243 e. The molecule has 1 N–H and O–H groups in total. The van der Waals surface area contributed by atoms with E-state index >= 15 is 0 Å². The molecular formula is C19H31ClN4O3S. The lowest BCUT2D eigenvalue weighted by molar-refractivity contribution is -0.122. The van der Waals surface area contributed by atoms with Crippen molar-refractivity contribution in [1.29, 1.82) is 0 Å². The van der Waals surface area contributed by atoms with Crippen molar-refractivity contribution in [3.05, 3.63) is 29.3 Å². The Morgan fingerprint density at radius 3 is 2.36 bits per heavy atom. The first-order chi connectivity index (χ1) is 13.2. The van der Waals surface area contributed by atoms with Crippen LogP contribution in [0.4, 0.5) is 5.69 Å².